The molecule has 0 fully saturated rings. The number of nitrogens with zero attached hydrogens (tertiary/aromatic N) is 5. The molecule has 29 heavy (non-hydrogen) atoms. The molecule has 1 aliphatic heterocycles. The molecule has 1 aliphatic rings. The highest BCUT2D eigenvalue weighted by Crippen LogP contribution is 2.31. The zero-order valence-corrected chi connectivity index (χ0v) is 16.2. The van der Waals surface area contributed by atoms with E-state index >= 15 is 0 Å². The van der Waals surface area contributed by atoms with Crippen LogP contribution in [0.4, 0.5) is 5.82 Å². The van der Waals surface area contributed by atoms with Gasteiger partial charge in [0.15, 0.2) is 0 Å². The molecule has 1 amide bonds. The first-order valence-corrected chi connectivity index (χ1v) is 9.28. The van der Waals surface area contributed by atoms with Crippen molar-refractivity contribution >= 4 is 22.6 Å². The molecule has 0 aromatic carbocycles. The number of pyridine rings is 3. The summed E-state index contributed by atoms with van der Waals surface area (Å²) in [5, 5.41) is 9.76. The number of rotatable bonds is 4. The highest BCUT2D eigenvalue weighted by atomic mass is 16.5. The summed E-state index contributed by atoms with van der Waals surface area (Å²) in [6, 6.07) is 7.20. The Balaban J connectivity index is 1.68. The molecule has 0 unspecified atom stereocenters. The van der Waals surface area contributed by atoms with E-state index in [0.29, 0.717) is 48.0 Å². The maximum atomic E-state index is 13.2. The first-order valence-electron chi connectivity index (χ1n) is 9.28. The normalized spacial score (nSPS) is 12.8. The number of aromatic nitrogens is 3. The van der Waals surface area contributed by atoms with Gasteiger partial charge < -0.3 is 15.4 Å². The van der Waals surface area contributed by atoms with Crippen LogP contribution in [0.5, 0.6) is 0 Å². The highest BCUT2D eigenvalue weighted by molar-refractivity contribution is 5.97. The second kappa shape index (κ2) is 7.45. The smallest absolute Gasteiger partial charge is 0.273 e. The third-order valence-electron chi connectivity index (χ3n) is 5.00. The molecule has 0 atom stereocenters. The fourth-order valence-electron chi connectivity index (χ4n) is 3.39. The van der Waals surface area contributed by atoms with Gasteiger partial charge in [-0.05, 0) is 37.6 Å². The molecule has 3 aromatic heterocycles. The van der Waals surface area contributed by atoms with Crippen molar-refractivity contribution in [3.05, 3.63) is 58.7 Å². The van der Waals surface area contributed by atoms with E-state index in [9.17, 15) is 4.79 Å². The van der Waals surface area contributed by atoms with Crippen LogP contribution in [0.3, 0.4) is 0 Å². The van der Waals surface area contributed by atoms with Gasteiger partial charge in [-0.15, -0.1) is 0 Å². The standard InChI is InChI=1S/C21H20N6O2/c1-12(2)27(9-14-4-3-13(6-22)7-24-14)21(28)18-5-15-16-10-29-11-17(16)20(23)26-19(15)8-25-18/h3-5,7-8,12H,9-11H2,1-2H3,(H2,23,26). The van der Waals surface area contributed by atoms with Gasteiger partial charge in [0.1, 0.15) is 17.6 Å². The van der Waals surface area contributed by atoms with E-state index in [2.05, 4.69) is 15.0 Å². The van der Waals surface area contributed by atoms with Crippen molar-refractivity contribution in [2.75, 3.05) is 5.73 Å². The van der Waals surface area contributed by atoms with E-state index in [4.69, 9.17) is 15.7 Å². The summed E-state index contributed by atoms with van der Waals surface area (Å²) in [5.74, 6) is 0.249. The summed E-state index contributed by atoms with van der Waals surface area (Å²) >= 11 is 0. The number of carbonyl (C=O) groups excluding carboxylic acids is 1. The van der Waals surface area contributed by atoms with Crippen LogP contribution in [0, 0.1) is 11.3 Å². The van der Waals surface area contributed by atoms with Gasteiger partial charge in [-0.25, -0.2) is 9.97 Å². The lowest BCUT2D eigenvalue weighted by Gasteiger charge is -2.26. The van der Waals surface area contributed by atoms with Crippen molar-refractivity contribution in [3.8, 4) is 6.07 Å². The highest BCUT2D eigenvalue weighted by Gasteiger charge is 2.24. The lowest BCUT2D eigenvalue weighted by Crippen LogP contribution is -2.37. The molecule has 4 heterocycles. The number of fused-ring (bicyclic) bond motifs is 3. The van der Waals surface area contributed by atoms with E-state index in [-0.39, 0.29) is 11.9 Å². The molecular formula is C21H20N6O2. The van der Waals surface area contributed by atoms with Gasteiger partial charge in [0.2, 0.25) is 0 Å². The van der Waals surface area contributed by atoms with Crippen molar-refractivity contribution in [1.82, 2.24) is 19.9 Å². The number of nitrogen functional groups attached to an aromatic ring is 1. The minimum Gasteiger partial charge on any atom is -0.383 e. The Labute approximate surface area is 168 Å². The molecule has 0 saturated heterocycles. The lowest BCUT2D eigenvalue weighted by molar-refractivity contribution is 0.0682. The molecule has 8 heteroatoms. The number of ether oxygens (including phenoxy) is 1. The average molecular weight is 388 g/mol. The van der Waals surface area contributed by atoms with E-state index in [1.807, 2.05) is 19.9 Å². The lowest BCUT2D eigenvalue weighted by atomic mass is 10.1. The summed E-state index contributed by atoms with van der Waals surface area (Å²) in [7, 11) is 0. The minimum atomic E-state index is -0.197. The molecule has 3 aromatic rings. The average Bonchev–Trinajstić information content (AvgIpc) is 3.22. The number of nitrogens with two attached hydrogens (primary N) is 1. The number of hydrogen-bond acceptors (Lipinski definition) is 7. The van der Waals surface area contributed by atoms with Gasteiger partial charge in [0, 0.05) is 23.2 Å². The maximum Gasteiger partial charge on any atom is 0.273 e. The Morgan fingerprint density at radius 2 is 2.07 bits per heavy atom. The van der Waals surface area contributed by atoms with Crippen LogP contribution < -0.4 is 5.73 Å². The van der Waals surface area contributed by atoms with Crippen LogP contribution in [0.15, 0.2) is 30.6 Å². The summed E-state index contributed by atoms with van der Waals surface area (Å²) in [4.78, 5) is 27.9. The SMILES string of the molecule is CC(C)N(Cc1ccc(C#N)cn1)C(=O)c1cc2c3c(c(N)nc2cn1)COC3. The van der Waals surface area contributed by atoms with Gasteiger partial charge in [0.25, 0.3) is 5.91 Å². The molecule has 2 N–H and O–H groups in total. The van der Waals surface area contributed by atoms with Crippen LogP contribution in [-0.4, -0.2) is 31.8 Å². The van der Waals surface area contributed by atoms with Crippen molar-refractivity contribution in [1.29, 1.82) is 5.26 Å². The Kier molecular flexibility index (Phi) is 4.82. The number of hydrogen-bond donors (Lipinski definition) is 1. The van der Waals surface area contributed by atoms with Gasteiger partial charge >= 0.3 is 0 Å². The molecule has 0 radical (unpaired) electrons. The number of anilines is 1. The summed E-state index contributed by atoms with van der Waals surface area (Å²) in [5.41, 5.74) is 10.0. The zero-order valence-electron chi connectivity index (χ0n) is 16.2. The first-order chi connectivity index (χ1) is 14.0. The van der Waals surface area contributed by atoms with Gasteiger partial charge in [-0.2, -0.15) is 5.26 Å². The van der Waals surface area contributed by atoms with Gasteiger partial charge in [0.05, 0.1) is 42.7 Å². The van der Waals surface area contributed by atoms with E-state index in [1.165, 1.54) is 6.20 Å². The molecule has 0 spiro atoms. The predicted molar refractivity (Wildman–Crippen MR) is 106 cm³/mol. The zero-order chi connectivity index (χ0) is 20.5. The van der Waals surface area contributed by atoms with Crippen LogP contribution in [0.2, 0.25) is 0 Å². The van der Waals surface area contributed by atoms with Crippen molar-refractivity contribution < 1.29 is 9.53 Å². The second-order valence-corrected chi connectivity index (χ2v) is 7.21. The first kappa shape index (κ1) is 18.8. The maximum absolute atomic E-state index is 13.2. The number of nitriles is 1. The second-order valence-electron chi connectivity index (χ2n) is 7.21. The third kappa shape index (κ3) is 3.48. The number of carbonyl (C=O) groups is 1. The van der Waals surface area contributed by atoms with Crippen molar-refractivity contribution in [3.63, 3.8) is 0 Å². The molecule has 8 nitrogen and oxygen atoms in total. The van der Waals surface area contributed by atoms with E-state index in [0.717, 1.165) is 16.5 Å². The van der Waals surface area contributed by atoms with Gasteiger partial charge in [-0.1, -0.05) is 0 Å². The monoisotopic (exact) mass is 388 g/mol. The molecule has 0 aliphatic carbocycles. The quantitative estimate of drug-likeness (QED) is 0.729. The van der Waals surface area contributed by atoms with Gasteiger partial charge in [-0.3, -0.25) is 9.78 Å². The minimum absolute atomic E-state index is 0.0592. The van der Waals surface area contributed by atoms with Crippen molar-refractivity contribution in [2.24, 2.45) is 0 Å². The van der Waals surface area contributed by atoms with E-state index < -0.39 is 0 Å². The molecular weight excluding hydrogens is 368 g/mol. The topological polar surface area (TPSA) is 118 Å². The Bertz CT molecular complexity index is 1130. The summed E-state index contributed by atoms with van der Waals surface area (Å²) in [6.45, 7) is 5.08. The Morgan fingerprint density at radius 3 is 2.76 bits per heavy atom. The van der Waals surface area contributed by atoms with Crippen molar-refractivity contribution in [2.45, 2.75) is 39.6 Å². The Morgan fingerprint density at radius 1 is 1.28 bits per heavy atom. The summed E-state index contributed by atoms with van der Waals surface area (Å²) in [6.07, 6.45) is 3.09. The fraction of sp³-hybridized carbons (Fsp3) is 0.286. The largest absolute Gasteiger partial charge is 0.383 e. The molecule has 146 valence electrons. The fourth-order valence-corrected chi connectivity index (χ4v) is 3.39. The predicted octanol–water partition coefficient (Wildman–Crippen LogP) is 2.56. The van der Waals surface area contributed by atoms with E-state index in [1.54, 1.807) is 29.3 Å². The molecule has 0 saturated carbocycles. The number of amides is 1. The summed E-state index contributed by atoms with van der Waals surface area (Å²) < 4.78 is 5.52. The van der Waals surface area contributed by atoms with Crippen LogP contribution >= 0.6 is 0 Å². The molecule has 4 rings (SSSR count). The van der Waals surface area contributed by atoms with Crippen LogP contribution in [-0.2, 0) is 24.5 Å². The third-order valence-corrected chi connectivity index (χ3v) is 5.00. The Hall–Kier alpha value is -3.57. The molecule has 0 bridgehead atoms. The van der Waals surface area contributed by atoms with Crippen LogP contribution in [0.25, 0.3) is 10.9 Å². The van der Waals surface area contributed by atoms with Crippen LogP contribution in [0.1, 0.15) is 46.7 Å².